The lowest BCUT2D eigenvalue weighted by Gasteiger charge is -2.11. The standard InChI is InChI=1S/C21H18N6O3S/c28-21(17-9-3-6-14-5-1-2-8-16(14)17)26-25-20-18(27(29)30)19(23-13-24-20)22-11-10-15-7-4-12-31-15/h1-9,12-13H,10-11H2,(H,26,28)(H2,22,23,24,25). The van der Waals surface area contributed by atoms with E-state index in [1.807, 2.05) is 47.8 Å². The number of amides is 1. The van der Waals surface area contributed by atoms with Crippen molar-refractivity contribution in [2.75, 3.05) is 17.3 Å². The summed E-state index contributed by atoms with van der Waals surface area (Å²) in [4.78, 5) is 32.9. The number of nitro groups is 1. The molecule has 0 bridgehead atoms. The number of carbonyl (C=O) groups excluding carboxylic acids is 1. The topological polar surface area (TPSA) is 122 Å². The van der Waals surface area contributed by atoms with E-state index in [1.165, 1.54) is 6.33 Å². The Morgan fingerprint density at radius 2 is 1.84 bits per heavy atom. The molecule has 0 saturated heterocycles. The average molecular weight is 434 g/mol. The van der Waals surface area contributed by atoms with Gasteiger partial charge in [-0.3, -0.25) is 25.8 Å². The van der Waals surface area contributed by atoms with E-state index in [4.69, 9.17) is 0 Å². The van der Waals surface area contributed by atoms with Crippen molar-refractivity contribution in [1.82, 2.24) is 15.4 Å². The number of hydrazine groups is 1. The highest BCUT2D eigenvalue weighted by Gasteiger charge is 2.23. The molecule has 0 radical (unpaired) electrons. The smallest absolute Gasteiger partial charge is 0.354 e. The van der Waals surface area contributed by atoms with E-state index in [0.29, 0.717) is 18.5 Å². The van der Waals surface area contributed by atoms with Crippen LogP contribution in [-0.4, -0.2) is 27.3 Å². The van der Waals surface area contributed by atoms with Gasteiger partial charge in [-0.2, -0.15) is 0 Å². The lowest BCUT2D eigenvalue weighted by Crippen LogP contribution is -2.30. The van der Waals surface area contributed by atoms with Gasteiger partial charge >= 0.3 is 5.69 Å². The Hall–Kier alpha value is -4.05. The van der Waals surface area contributed by atoms with Gasteiger partial charge in [0.1, 0.15) is 6.33 Å². The normalized spacial score (nSPS) is 10.6. The third-order valence-corrected chi connectivity index (χ3v) is 5.51. The summed E-state index contributed by atoms with van der Waals surface area (Å²) in [6, 6.07) is 16.8. The fourth-order valence-corrected chi connectivity index (χ4v) is 3.85. The summed E-state index contributed by atoms with van der Waals surface area (Å²) in [6.45, 7) is 0.472. The van der Waals surface area contributed by atoms with Gasteiger partial charge in [-0.1, -0.05) is 42.5 Å². The quantitative estimate of drug-likeness (QED) is 0.283. The zero-order valence-electron chi connectivity index (χ0n) is 16.2. The molecule has 1 amide bonds. The fourth-order valence-electron chi connectivity index (χ4n) is 3.14. The number of nitrogens with zero attached hydrogens (tertiary/aromatic N) is 3. The van der Waals surface area contributed by atoms with Crippen LogP contribution in [0.3, 0.4) is 0 Å². The van der Waals surface area contributed by atoms with E-state index in [2.05, 4.69) is 26.1 Å². The summed E-state index contributed by atoms with van der Waals surface area (Å²) < 4.78 is 0. The predicted molar refractivity (Wildman–Crippen MR) is 120 cm³/mol. The van der Waals surface area contributed by atoms with Crippen LogP contribution in [0, 0.1) is 10.1 Å². The Balaban J connectivity index is 1.49. The molecule has 0 spiro atoms. The van der Waals surface area contributed by atoms with Crippen molar-refractivity contribution in [1.29, 1.82) is 0 Å². The first-order chi connectivity index (χ1) is 15.1. The SMILES string of the molecule is O=C(NNc1ncnc(NCCc2cccs2)c1[N+](=O)[O-])c1cccc2ccccc12. The van der Waals surface area contributed by atoms with E-state index in [1.54, 1.807) is 23.5 Å². The minimum absolute atomic E-state index is 0.0819. The Kier molecular flexibility index (Phi) is 5.99. The third-order valence-electron chi connectivity index (χ3n) is 4.58. The van der Waals surface area contributed by atoms with Gasteiger partial charge in [0.15, 0.2) is 0 Å². The second-order valence-electron chi connectivity index (χ2n) is 6.54. The third kappa shape index (κ3) is 4.59. The number of benzene rings is 2. The highest BCUT2D eigenvalue weighted by molar-refractivity contribution is 7.09. The summed E-state index contributed by atoms with van der Waals surface area (Å²) >= 11 is 1.62. The van der Waals surface area contributed by atoms with Gasteiger partial charge in [-0.05, 0) is 34.7 Å². The first kappa shape index (κ1) is 20.2. The van der Waals surface area contributed by atoms with Gasteiger partial charge in [0.2, 0.25) is 11.6 Å². The van der Waals surface area contributed by atoms with Gasteiger partial charge < -0.3 is 5.32 Å². The second-order valence-corrected chi connectivity index (χ2v) is 7.57. The zero-order chi connectivity index (χ0) is 21.6. The van der Waals surface area contributed by atoms with Gasteiger partial charge in [0, 0.05) is 17.0 Å². The van der Waals surface area contributed by atoms with Gasteiger partial charge in [-0.15, -0.1) is 11.3 Å². The molecule has 2 heterocycles. The van der Waals surface area contributed by atoms with Crippen molar-refractivity contribution in [3.8, 4) is 0 Å². The number of fused-ring (bicyclic) bond motifs is 1. The summed E-state index contributed by atoms with van der Waals surface area (Å²) in [7, 11) is 0. The number of anilines is 2. The van der Waals surface area contributed by atoms with Crippen LogP contribution in [0.15, 0.2) is 66.3 Å². The fraction of sp³-hybridized carbons (Fsp3) is 0.0952. The molecule has 0 fully saturated rings. The number of hydrogen-bond acceptors (Lipinski definition) is 8. The van der Waals surface area contributed by atoms with Crippen LogP contribution >= 0.6 is 11.3 Å². The number of carbonyl (C=O) groups is 1. The van der Waals surface area contributed by atoms with Gasteiger partial charge in [0.25, 0.3) is 5.91 Å². The maximum atomic E-state index is 12.7. The van der Waals surface area contributed by atoms with Crippen molar-refractivity contribution in [2.45, 2.75) is 6.42 Å². The first-order valence-corrected chi connectivity index (χ1v) is 10.3. The largest absolute Gasteiger partial charge is 0.364 e. The number of thiophene rings is 1. The van der Waals surface area contributed by atoms with Crippen molar-refractivity contribution >= 4 is 45.3 Å². The van der Waals surface area contributed by atoms with Gasteiger partial charge in [-0.25, -0.2) is 9.97 Å². The number of hydrogen-bond donors (Lipinski definition) is 3. The molecule has 0 unspecified atom stereocenters. The molecular weight excluding hydrogens is 416 g/mol. The van der Waals surface area contributed by atoms with Crippen LogP contribution in [0.25, 0.3) is 10.8 Å². The van der Waals surface area contributed by atoms with Crippen LogP contribution in [0.2, 0.25) is 0 Å². The molecule has 3 N–H and O–H groups in total. The average Bonchev–Trinajstić information content (AvgIpc) is 3.30. The first-order valence-electron chi connectivity index (χ1n) is 9.43. The Bertz CT molecular complexity index is 1220. The molecule has 9 nitrogen and oxygen atoms in total. The summed E-state index contributed by atoms with van der Waals surface area (Å²) in [5, 5.41) is 18.3. The highest BCUT2D eigenvalue weighted by Crippen LogP contribution is 2.28. The second kappa shape index (κ2) is 9.18. The maximum Gasteiger partial charge on any atom is 0.354 e. The van der Waals surface area contributed by atoms with E-state index in [0.717, 1.165) is 15.6 Å². The molecule has 156 valence electrons. The molecule has 2 aromatic carbocycles. The monoisotopic (exact) mass is 434 g/mol. The Morgan fingerprint density at radius 3 is 2.65 bits per heavy atom. The summed E-state index contributed by atoms with van der Waals surface area (Å²) in [5.74, 6) is -0.456. The number of rotatable bonds is 8. The molecule has 0 aliphatic rings. The molecule has 31 heavy (non-hydrogen) atoms. The molecule has 0 saturated carbocycles. The summed E-state index contributed by atoms with van der Waals surface area (Å²) in [5.41, 5.74) is 5.17. The van der Waals surface area contributed by atoms with Crippen molar-refractivity contribution in [3.05, 3.63) is 86.9 Å². The van der Waals surface area contributed by atoms with Gasteiger partial charge in [0.05, 0.1) is 4.92 Å². The van der Waals surface area contributed by atoms with E-state index < -0.39 is 10.8 Å². The van der Waals surface area contributed by atoms with Crippen LogP contribution in [0.5, 0.6) is 0 Å². The van der Waals surface area contributed by atoms with Crippen molar-refractivity contribution in [2.24, 2.45) is 0 Å². The van der Waals surface area contributed by atoms with E-state index >= 15 is 0 Å². The number of aromatic nitrogens is 2. The highest BCUT2D eigenvalue weighted by atomic mass is 32.1. The Labute approximate surface area is 181 Å². The molecule has 0 atom stereocenters. The predicted octanol–water partition coefficient (Wildman–Crippen LogP) is 4.01. The van der Waals surface area contributed by atoms with Crippen molar-refractivity contribution in [3.63, 3.8) is 0 Å². The molecule has 4 rings (SSSR count). The number of nitrogens with one attached hydrogen (secondary N) is 3. The lowest BCUT2D eigenvalue weighted by atomic mass is 10.0. The zero-order valence-corrected chi connectivity index (χ0v) is 17.1. The lowest BCUT2D eigenvalue weighted by molar-refractivity contribution is -0.383. The molecule has 0 aliphatic heterocycles. The minimum Gasteiger partial charge on any atom is -0.364 e. The van der Waals surface area contributed by atoms with Crippen LogP contribution in [0.4, 0.5) is 17.3 Å². The molecule has 4 aromatic rings. The minimum atomic E-state index is -0.583. The van der Waals surface area contributed by atoms with E-state index in [-0.39, 0.29) is 17.3 Å². The molecule has 2 aromatic heterocycles. The van der Waals surface area contributed by atoms with Crippen LogP contribution < -0.4 is 16.2 Å². The summed E-state index contributed by atoms with van der Waals surface area (Å²) in [6.07, 6.45) is 1.91. The van der Waals surface area contributed by atoms with E-state index in [9.17, 15) is 14.9 Å². The molecule has 0 aliphatic carbocycles. The molecule has 10 heteroatoms. The van der Waals surface area contributed by atoms with Crippen molar-refractivity contribution < 1.29 is 9.72 Å². The molecular formula is C21H18N6O3S. The van der Waals surface area contributed by atoms with Crippen LogP contribution in [0.1, 0.15) is 15.2 Å². The van der Waals surface area contributed by atoms with Crippen LogP contribution in [-0.2, 0) is 6.42 Å². The maximum absolute atomic E-state index is 12.7. The Morgan fingerprint density at radius 1 is 1.03 bits per heavy atom.